The van der Waals surface area contributed by atoms with Crippen molar-refractivity contribution in [1.29, 1.82) is 5.26 Å². The second-order valence-corrected chi connectivity index (χ2v) is 5.71. The zero-order chi connectivity index (χ0) is 16.2. The molecule has 1 fully saturated rings. The first kappa shape index (κ1) is 15.3. The fourth-order valence-corrected chi connectivity index (χ4v) is 2.69. The third kappa shape index (κ3) is 3.41. The van der Waals surface area contributed by atoms with Gasteiger partial charge in [-0.3, -0.25) is 4.79 Å². The van der Waals surface area contributed by atoms with Gasteiger partial charge in [0.05, 0.1) is 24.8 Å². The van der Waals surface area contributed by atoms with Gasteiger partial charge < -0.3 is 9.64 Å². The molecule has 23 heavy (non-hydrogen) atoms. The molecule has 3 rings (SSSR count). The normalized spacial score (nSPS) is 17.6. The van der Waals surface area contributed by atoms with Crippen molar-refractivity contribution in [1.82, 2.24) is 4.90 Å². The van der Waals surface area contributed by atoms with E-state index in [0.717, 1.165) is 5.56 Å². The maximum absolute atomic E-state index is 12.6. The van der Waals surface area contributed by atoms with E-state index in [-0.39, 0.29) is 12.0 Å². The van der Waals surface area contributed by atoms with Gasteiger partial charge in [-0.2, -0.15) is 5.26 Å². The van der Waals surface area contributed by atoms with Crippen molar-refractivity contribution in [3.05, 3.63) is 70.8 Å². The molecule has 2 aromatic rings. The van der Waals surface area contributed by atoms with E-state index in [0.29, 0.717) is 30.8 Å². The Kier molecular flexibility index (Phi) is 4.40. The van der Waals surface area contributed by atoms with Gasteiger partial charge in [0.2, 0.25) is 0 Å². The second-order valence-electron chi connectivity index (χ2n) is 5.71. The van der Waals surface area contributed by atoms with Crippen molar-refractivity contribution in [2.45, 2.75) is 13.0 Å². The molecule has 1 aliphatic heterocycles. The molecule has 0 spiro atoms. The maximum atomic E-state index is 12.6. The van der Waals surface area contributed by atoms with E-state index in [9.17, 15) is 4.79 Å². The van der Waals surface area contributed by atoms with Crippen LogP contribution in [-0.2, 0) is 4.74 Å². The standard InChI is InChI=1S/C19H18N2O2/c1-14-2-6-16(7-3-14)18-13-21(10-11-23-18)19(22)17-8-4-15(12-20)5-9-17/h2-9,18H,10-11,13H2,1H3. The van der Waals surface area contributed by atoms with E-state index in [1.807, 2.05) is 11.8 Å². The second kappa shape index (κ2) is 6.64. The summed E-state index contributed by atoms with van der Waals surface area (Å²) in [5.74, 6) is -0.0186. The highest BCUT2D eigenvalue weighted by Gasteiger charge is 2.26. The largest absolute Gasteiger partial charge is 0.370 e. The Morgan fingerprint density at radius 2 is 1.87 bits per heavy atom. The Morgan fingerprint density at radius 1 is 1.17 bits per heavy atom. The number of hydrogen-bond donors (Lipinski definition) is 0. The number of nitrogens with zero attached hydrogens (tertiary/aromatic N) is 2. The van der Waals surface area contributed by atoms with Crippen molar-refractivity contribution >= 4 is 5.91 Å². The van der Waals surface area contributed by atoms with E-state index >= 15 is 0 Å². The fraction of sp³-hybridized carbons (Fsp3) is 0.263. The van der Waals surface area contributed by atoms with Crippen LogP contribution in [0.1, 0.15) is 33.2 Å². The summed E-state index contributed by atoms with van der Waals surface area (Å²) in [5.41, 5.74) is 3.46. The van der Waals surface area contributed by atoms with E-state index in [4.69, 9.17) is 10.00 Å². The molecule has 1 heterocycles. The summed E-state index contributed by atoms with van der Waals surface area (Å²) in [7, 11) is 0. The van der Waals surface area contributed by atoms with Crippen LogP contribution in [0.4, 0.5) is 0 Å². The minimum Gasteiger partial charge on any atom is -0.370 e. The number of carbonyl (C=O) groups is 1. The molecule has 1 saturated heterocycles. The van der Waals surface area contributed by atoms with Crippen molar-refractivity contribution < 1.29 is 9.53 Å². The van der Waals surface area contributed by atoms with Crippen molar-refractivity contribution in [3.8, 4) is 6.07 Å². The van der Waals surface area contributed by atoms with Gasteiger partial charge in [0, 0.05) is 12.1 Å². The number of nitriles is 1. The lowest BCUT2D eigenvalue weighted by molar-refractivity contribution is -0.0228. The molecule has 116 valence electrons. The lowest BCUT2D eigenvalue weighted by Crippen LogP contribution is -2.42. The third-order valence-electron chi connectivity index (χ3n) is 4.06. The summed E-state index contributed by atoms with van der Waals surface area (Å²) in [4.78, 5) is 14.4. The summed E-state index contributed by atoms with van der Waals surface area (Å²) in [6, 6.07) is 17.0. The summed E-state index contributed by atoms with van der Waals surface area (Å²) in [5, 5.41) is 8.83. The molecule has 1 aliphatic rings. The van der Waals surface area contributed by atoms with Gasteiger partial charge in [0.25, 0.3) is 5.91 Å². The van der Waals surface area contributed by atoms with Crippen molar-refractivity contribution in [3.63, 3.8) is 0 Å². The molecular formula is C19H18N2O2. The van der Waals surface area contributed by atoms with E-state index in [1.54, 1.807) is 24.3 Å². The number of hydrogen-bond acceptors (Lipinski definition) is 3. The molecule has 4 nitrogen and oxygen atoms in total. The molecule has 4 heteroatoms. The van der Waals surface area contributed by atoms with Gasteiger partial charge in [-0.05, 0) is 36.8 Å². The zero-order valence-corrected chi connectivity index (χ0v) is 13.0. The summed E-state index contributed by atoms with van der Waals surface area (Å²) < 4.78 is 5.82. The average Bonchev–Trinajstić information content (AvgIpc) is 2.62. The minimum atomic E-state index is -0.0910. The highest BCUT2D eigenvalue weighted by atomic mass is 16.5. The topological polar surface area (TPSA) is 53.3 Å². The molecule has 1 atom stereocenters. The lowest BCUT2D eigenvalue weighted by Gasteiger charge is -2.33. The zero-order valence-electron chi connectivity index (χ0n) is 13.0. The quantitative estimate of drug-likeness (QED) is 0.857. The molecule has 0 aromatic heterocycles. The van der Waals surface area contributed by atoms with Crippen LogP contribution in [0.2, 0.25) is 0 Å². The van der Waals surface area contributed by atoms with Gasteiger partial charge in [0.1, 0.15) is 6.10 Å². The highest BCUT2D eigenvalue weighted by Crippen LogP contribution is 2.23. The average molecular weight is 306 g/mol. The smallest absolute Gasteiger partial charge is 0.254 e. The van der Waals surface area contributed by atoms with Crippen LogP contribution in [0.5, 0.6) is 0 Å². The Labute approximate surface area is 135 Å². The summed E-state index contributed by atoms with van der Waals surface area (Å²) in [6.07, 6.45) is -0.0910. The van der Waals surface area contributed by atoms with E-state index < -0.39 is 0 Å². The number of benzene rings is 2. The van der Waals surface area contributed by atoms with Crippen LogP contribution >= 0.6 is 0 Å². The van der Waals surface area contributed by atoms with Crippen LogP contribution in [0.25, 0.3) is 0 Å². The Balaban J connectivity index is 1.73. The molecule has 0 saturated carbocycles. The number of rotatable bonds is 2. The van der Waals surface area contributed by atoms with Crippen molar-refractivity contribution in [2.24, 2.45) is 0 Å². The minimum absolute atomic E-state index is 0.0186. The SMILES string of the molecule is Cc1ccc(C2CN(C(=O)c3ccc(C#N)cc3)CCO2)cc1. The first-order chi connectivity index (χ1) is 11.2. The molecule has 0 aliphatic carbocycles. The number of ether oxygens (including phenoxy) is 1. The summed E-state index contributed by atoms with van der Waals surface area (Å²) >= 11 is 0. The molecule has 1 amide bonds. The lowest BCUT2D eigenvalue weighted by atomic mass is 10.0. The Bertz CT molecular complexity index is 729. The predicted octanol–water partition coefficient (Wildman–Crippen LogP) is 3.08. The van der Waals surface area contributed by atoms with E-state index in [2.05, 4.69) is 30.3 Å². The van der Waals surface area contributed by atoms with Gasteiger partial charge >= 0.3 is 0 Å². The first-order valence-electron chi connectivity index (χ1n) is 7.65. The Morgan fingerprint density at radius 3 is 2.52 bits per heavy atom. The Hall–Kier alpha value is -2.64. The van der Waals surface area contributed by atoms with Gasteiger partial charge in [-0.1, -0.05) is 29.8 Å². The maximum Gasteiger partial charge on any atom is 0.254 e. The predicted molar refractivity (Wildman–Crippen MR) is 86.9 cm³/mol. The number of aryl methyl sites for hydroxylation is 1. The van der Waals surface area contributed by atoms with E-state index in [1.165, 1.54) is 5.56 Å². The molecule has 2 aromatic carbocycles. The highest BCUT2D eigenvalue weighted by molar-refractivity contribution is 5.94. The molecule has 0 bridgehead atoms. The van der Waals surface area contributed by atoms with Crippen LogP contribution in [-0.4, -0.2) is 30.5 Å². The van der Waals surface area contributed by atoms with Crippen LogP contribution in [0.15, 0.2) is 48.5 Å². The monoisotopic (exact) mass is 306 g/mol. The van der Waals surface area contributed by atoms with Crippen LogP contribution in [0.3, 0.4) is 0 Å². The summed E-state index contributed by atoms with van der Waals surface area (Å²) in [6.45, 7) is 3.70. The molecular weight excluding hydrogens is 288 g/mol. The molecule has 0 radical (unpaired) electrons. The number of morpholine rings is 1. The molecule has 1 unspecified atom stereocenters. The first-order valence-corrected chi connectivity index (χ1v) is 7.65. The third-order valence-corrected chi connectivity index (χ3v) is 4.06. The fourth-order valence-electron chi connectivity index (χ4n) is 2.69. The van der Waals surface area contributed by atoms with Crippen LogP contribution < -0.4 is 0 Å². The van der Waals surface area contributed by atoms with Crippen molar-refractivity contribution in [2.75, 3.05) is 19.7 Å². The molecule has 0 N–H and O–H groups in total. The van der Waals surface area contributed by atoms with Gasteiger partial charge in [-0.25, -0.2) is 0 Å². The van der Waals surface area contributed by atoms with Gasteiger partial charge in [-0.15, -0.1) is 0 Å². The van der Waals surface area contributed by atoms with Gasteiger partial charge in [0.15, 0.2) is 0 Å². The number of amides is 1. The van der Waals surface area contributed by atoms with Crippen LogP contribution in [0, 0.1) is 18.3 Å². The number of carbonyl (C=O) groups excluding carboxylic acids is 1.